The van der Waals surface area contributed by atoms with Gasteiger partial charge in [-0.05, 0) is 46.7 Å². The molecule has 8 heteroatoms. The minimum Gasteiger partial charge on any atom is -0.497 e. The van der Waals surface area contributed by atoms with Crippen LogP contribution in [0.1, 0.15) is 17.8 Å². The zero-order chi connectivity index (χ0) is 23.5. The molecular weight excluding hydrogens is 430 g/mol. The molecule has 0 saturated heterocycles. The zero-order valence-electron chi connectivity index (χ0n) is 18.6. The SMILES string of the molecule is COc1ccc2cc(CNC(=O)CCc3nc4c(cnn4-c4ccccc4)c(=O)[nH]3)ccc2c1. The van der Waals surface area contributed by atoms with Gasteiger partial charge in [-0.2, -0.15) is 5.10 Å². The molecule has 2 heterocycles. The first-order valence-corrected chi connectivity index (χ1v) is 11.0. The van der Waals surface area contributed by atoms with Crippen LogP contribution in [0.4, 0.5) is 0 Å². The van der Waals surface area contributed by atoms with Gasteiger partial charge in [0.2, 0.25) is 5.91 Å². The maximum atomic E-state index is 12.5. The van der Waals surface area contributed by atoms with Crippen LogP contribution in [0.3, 0.4) is 0 Å². The van der Waals surface area contributed by atoms with Gasteiger partial charge in [0, 0.05) is 19.4 Å². The Bertz CT molecular complexity index is 1540. The Balaban J connectivity index is 1.25. The first-order chi connectivity index (χ1) is 16.6. The number of nitrogens with zero attached hydrogens (tertiary/aromatic N) is 3. The number of fused-ring (bicyclic) bond motifs is 2. The summed E-state index contributed by atoms with van der Waals surface area (Å²) in [6, 6.07) is 21.4. The molecule has 170 valence electrons. The molecule has 2 aromatic heterocycles. The van der Waals surface area contributed by atoms with Crippen LogP contribution in [0.5, 0.6) is 5.75 Å². The first-order valence-electron chi connectivity index (χ1n) is 11.0. The molecule has 0 spiro atoms. The summed E-state index contributed by atoms with van der Waals surface area (Å²) in [5, 5.41) is 9.81. The van der Waals surface area contributed by atoms with Crippen LogP contribution in [-0.4, -0.2) is 32.8 Å². The molecule has 0 bridgehead atoms. The number of aromatic nitrogens is 4. The molecule has 5 rings (SSSR count). The summed E-state index contributed by atoms with van der Waals surface area (Å²) in [6.45, 7) is 0.421. The molecule has 1 amide bonds. The summed E-state index contributed by atoms with van der Waals surface area (Å²) in [4.78, 5) is 32.3. The lowest BCUT2D eigenvalue weighted by atomic mass is 10.1. The standard InChI is InChI=1S/C26H23N5O3/c1-34-21-10-9-18-13-17(7-8-19(18)14-21)15-27-24(32)12-11-23-29-25-22(26(33)30-23)16-28-31(25)20-5-3-2-4-6-20/h2-10,13-14,16H,11-12,15H2,1H3,(H,27,32)(H,29,30,33). The predicted octanol–water partition coefficient (Wildman–Crippen LogP) is 3.52. The van der Waals surface area contributed by atoms with Crippen LogP contribution in [0.15, 0.2) is 77.7 Å². The Hall–Kier alpha value is -4.46. The van der Waals surface area contributed by atoms with Gasteiger partial charge in [0.1, 0.15) is 17.0 Å². The smallest absolute Gasteiger partial charge is 0.262 e. The number of methoxy groups -OCH3 is 1. The minimum atomic E-state index is -0.268. The number of para-hydroxylation sites is 1. The third kappa shape index (κ3) is 4.38. The van der Waals surface area contributed by atoms with Crippen molar-refractivity contribution in [3.05, 3.63) is 94.7 Å². The van der Waals surface area contributed by atoms with E-state index in [1.807, 2.05) is 66.7 Å². The molecule has 2 N–H and O–H groups in total. The molecule has 0 atom stereocenters. The second-order valence-electron chi connectivity index (χ2n) is 7.97. The fraction of sp³-hybridized carbons (Fsp3) is 0.154. The van der Waals surface area contributed by atoms with Crippen molar-refractivity contribution in [1.29, 1.82) is 0 Å². The average molecular weight is 454 g/mol. The van der Waals surface area contributed by atoms with Gasteiger partial charge in [0.05, 0.1) is 19.0 Å². The molecule has 0 aliphatic carbocycles. The second-order valence-corrected chi connectivity index (χ2v) is 7.97. The number of ether oxygens (including phenoxy) is 1. The summed E-state index contributed by atoms with van der Waals surface area (Å²) >= 11 is 0. The lowest BCUT2D eigenvalue weighted by Gasteiger charge is -2.08. The van der Waals surface area contributed by atoms with Crippen LogP contribution >= 0.6 is 0 Å². The van der Waals surface area contributed by atoms with Crippen LogP contribution in [0.2, 0.25) is 0 Å². The van der Waals surface area contributed by atoms with Crippen LogP contribution < -0.4 is 15.6 Å². The van der Waals surface area contributed by atoms with Crippen molar-refractivity contribution in [2.24, 2.45) is 0 Å². The number of aryl methyl sites for hydroxylation is 1. The first kappa shape index (κ1) is 21.4. The predicted molar refractivity (Wildman–Crippen MR) is 130 cm³/mol. The van der Waals surface area contributed by atoms with Gasteiger partial charge in [-0.25, -0.2) is 9.67 Å². The molecule has 8 nitrogen and oxygen atoms in total. The molecule has 0 saturated carbocycles. The number of carbonyl (C=O) groups is 1. The largest absolute Gasteiger partial charge is 0.497 e. The number of H-pyrrole nitrogens is 1. The fourth-order valence-electron chi connectivity index (χ4n) is 3.87. The van der Waals surface area contributed by atoms with Crippen LogP contribution in [0, 0.1) is 0 Å². The number of hydrogen-bond acceptors (Lipinski definition) is 5. The Kier molecular flexibility index (Phi) is 5.78. The molecule has 5 aromatic rings. The summed E-state index contributed by atoms with van der Waals surface area (Å²) in [5.74, 6) is 1.14. The van der Waals surface area contributed by atoms with E-state index >= 15 is 0 Å². The molecule has 34 heavy (non-hydrogen) atoms. The fourth-order valence-corrected chi connectivity index (χ4v) is 3.87. The molecule has 0 radical (unpaired) electrons. The summed E-state index contributed by atoms with van der Waals surface area (Å²) < 4.78 is 6.89. The van der Waals surface area contributed by atoms with Crippen molar-refractivity contribution in [3.8, 4) is 11.4 Å². The highest BCUT2D eigenvalue weighted by molar-refractivity contribution is 5.84. The normalized spacial score (nSPS) is 11.1. The Morgan fingerprint density at radius 1 is 1.06 bits per heavy atom. The highest BCUT2D eigenvalue weighted by Gasteiger charge is 2.12. The van der Waals surface area contributed by atoms with Crippen molar-refractivity contribution in [2.75, 3.05) is 7.11 Å². The zero-order valence-corrected chi connectivity index (χ0v) is 18.6. The maximum Gasteiger partial charge on any atom is 0.262 e. The van der Waals surface area contributed by atoms with Gasteiger partial charge in [0.25, 0.3) is 5.56 Å². The van der Waals surface area contributed by atoms with E-state index in [1.165, 1.54) is 6.20 Å². The number of carbonyl (C=O) groups excluding carboxylic acids is 1. The van der Waals surface area contributed by atoms with E-state index in [2.05, 4.69) is 20.4 Å². The van der Waals surface area contributed by atoms with Gasteiger partial charge in [-0.3, -0.25) is 9.59 Å². The number of aromatic amines is 1. The van der Waals surface area contributed by atoms with Gasteiger partial charge >= 0.3 is 0 Å². The van der Waals surface area contributed by atoms with Crippen molar-refractivity contribution in [2.45, 2.75) is 19.4 Å². The van der Waals surface area contributed by atoms with Gasteiger partial charge in [-0.15, -0.1) is 0 Å². The summed E-state index contributed by atoms with van der Waals surface area (Å²) in [7, 11) is 1.64. The van der Waals surface area contributed by atoms with E-state index in [9.17, 15) is 9.59 Å². The molecule has 3 aromatic carbocycles. The quantitative estimate of drug-likeness (QED) is 0.393. The maximum absolute atomic E-state index is 12.5. The van der Waals surface area contributed by atoms with Crippen molar-refractivity contribution < 1.29 is 9.53 Å². The van der Waals surface area contributed by atoms with E-state index in [0.717, 1.165) is 27.8 Å². The lowest BCUT2D eigenvalue weighted by molar-refractivity contribution is -0.121. The van der Waals surface area contributed by atoms with Gasteiger partial charge < -0.3 is 15.0 Å². The summed E-state index contributed by atoms with van der Waals surface area (Å²) in [5.41, 5.74) is 2.02. The Morgan fingerprint density at radius 3 is 2.68 bits per heavy atom. The number of rotatable bonds is 7. The molecule has 0 aliphatic rings. The van der Waals surface area contributed by atoms with Crippen molar-refractivity contribution >= 4 is 27.7 Å². The summed E-state index contributed by atoms with van der Waals surface area (Å²) in [6.07, 6.45) is 2.03. The monoisotopic (exact) mass is 453 g/mol. The van der Waals surface area contributed by atoms with Gasteiger partial charge in [-0.1, -0.05) is 36.4 Å². The van der Waals surface area contributed by atoms with E-state index < -0.39 is 0 Å². The lowest BCUT2D eigenvalue weighted by Crippen LogP contribution is -2.23. The van der Waals surface area contributed by atoms with E-state index in [4.69, 9.17) is 4.74 Å². The van der Waals surface area contributed by atoms with E-state index in [1.54, 1.807) is 11.8 Å². The highest BCUT2D eigenvalue weighted by atomic mass is 16.5. The van der Waals surface area contributed by atoms with Gasteiger partial charge in [0.15, 0.2) is 5.65 Å². The average Bonchev–Trinajstić information content (AvgIpc) is 3.31. The minimum absolute atomic E-state index is 0.117. The molecule has 0 aliphatic heterocycles. The topological polar surface area (TPSA) is 102 Å². The van der Waals surface area contributed by atoms with Crippen molar-refractivity contribution in [3.63, 3.8) is 0 Å². The third-order valence-corrected chi connectivity index (χ3v) is 5.68. The van der Waals surface area contributed by atoms with Crippen molar-refractivity contribution in [1.82, 2.24) is 25.1 Å². The second kappa shape index (κ2) is 9.19. The number of benzene rings is 3. The molecular formula is C26H23N5O3. The third-order valence-electron chi connectivity index (χ3n) is 5.68. The van der Waals surface area contributed by atoms with Crippen LogP contribution in [0.25, 0.3) is 27.5 Å². The number of amides is 1. The van der Waals surface area contributed by atoms with Crippen LogP contribution in [-0.2, 0) is 17.8 Å². The highest BCUT2D eigenvalue weighted by Crippen LogP contribution is 2.22. The Morgan fingerprint density at radius 2 is 1.85 bits per heavy atom. The number of hydrogen-bond donors (Lipinski definition) is 2. The molecule has 0 unspecified atom stereocenters. The van der Waals surface area contributed by atoms with E-state index in [-0.39, 0.29) is 17.9 Å². The van der Waals surface area contributed by atoms with E-state index in [0.29, 0.717) is 29.8 Å². The number of nitrogens with one attached hydrogen (secondary N) is 2. The molecule has 0 fully saturated rings. The Labute approximate surface area is 195 Å².